The van der Waals surface area contributed by atoms with Crippen LogP contribution in [0.4, 0.5) is 4.79 Å². The topological polar surface area (TPSA) is 41.6 Å². The zero-order valence-electron chi connectivity index (χ0n) is 5.44. The summed E-state index contributed by atoms with van der Waals surface area (Å²) in [6.07, 6.45) is 3.23. The number of hydrogen-bond acceptors (Lipinski definition) is 3. The fraction of sp³-hybridized carbons (Fsp3) is 0.400. The van der Waals surface area contributed by atoms with E-state index in [0.29, 0.717) is 0 Å². The molecule has 0 saturated heterocycles. The maximum atomic E-state index is 10.8. The molecule has 1 aliphatic rings. The highest BCUT2D eigenvalue weighted by Crippen LogP contribution is 2.03. The van der Waals surface area contributed by atoms with Gasteiger partial charge in [0.15, 0.2) is 0 Å². The number of nitrogens with one attached hydrogen (secondary N) is 1. The fourth-order valence-corrected chi connectivity index (χ4v) is 0.797. The third-order valence-corrected chi connectivity index (χ3v) is 1.37. The molecular formula is C5H8N2O2S. The highest BCUT2D eigenvalue weighted by molar-refractivity contribution is 7.81. The Hall–Kier alpha value is -0.680. The van der Waals surface area contributed by atoms with Crippen LogP contribution in [0.2, 0.25) is 0 Å². The Bertz CT molecular complexity index is 171. The van der Waals surface area contributed by atoms with Crippen LogP contribution in [0.5, 0.6) is 0 Å². The van der Waals surface area contributed by atoms with Crippen molar-refractivity contribution in [2.75, 3.05) is 7.11 Å². The van der Waals surface area contributed by atoms with Gasteiger partial charge in [0.25, 0.3) is 0 Å². The first-order chi connectivity index (χ1) is 4.74. The van der Waals surface area contributed by atoms with Crippen molar-refractivity contribution >= 4 is 18.7 Å². The summed E-state index contributed by atoms with van der Waals surface area (Å²) in [7, 11) is 1.42. The molecular weight excluding hydrogens is 152 g/mol. The van der Waals surface area contributed by atoms with E-state index in [1.165, 1.54) is 13.3 Å². The van der Waals surface area contributed by atoms with Crippen LogP contribution in [0.1, 0.15) is 0 Å². The molecule has 1 N–H and O–H groups in total. The second-order valence-corrected chi connectivity index (χ2v) is 2.30. The number of thiol groups is 1. The summed E-state index contributed by atoms with van der Waals surface area (Å²) >= 11 is 4.00. The van der Waals surface area contributed by atoms with Crippen molar-refractivity contribution in [1.29, 1.82) is 0 Å². The van der Waals surface area contributed by atoms with Crippen LogP contribution in [0.15, 0.2) is 12.3 Å². The van der Waals surface area contributed by atoms with Gasteiger partial charge in [0.05, 0.1) is 12.5 Å². The van der Waals surface area contributed by atoms with Crippen molar-refractivity contribution in [2.24, 2.45) is 0 Å². The van der Waals surface area contributed by atoms with Gasteiger partial charge in [0.1, 0.15) is 0 Å². The van der Waals surface area contributed by atoms with Crippen molar-refractivity contribution in [3.63, 3.8) is 0 Å². The highest BCUT2D eigenvalue weighted by atomic mass is 32.1. The van der Waals surface area contributed by atoms with Crippen LogP contribution in [0.25, 0.3) is 0 Å². The fourth-order valence-electron chi connectivity index (χ4n) is 0.609. The summed E-state index contributed by atoms with van der Waals surface area (Å²) in [5, 5.41) is 3.40. The van der Waals surface area contributed by atoms with Gasteiger partial charge in [-0.2, -0.15) is 17.7 Å². The van der Waals surface area contributed by atoms with Crippen LogP contribution in [-0.2, 0) is 4.84 Å². The lowest BCUT2D eigenvalue weighted by Gasteiger charge is -2.22. The van der Waals surface area contributed by atoms with Crippen LogP contribution in [0.3, 0.4) is 0 Å². The van der Waals surface area contributed by atoms with Gasteiger partial charge in [0.2, 0.25) is 0 Å². The van der Waals surface area contributed by atoms with Gasteiger partial charge in [-0.1, -0.05) is 0 Å². The lowest BCUT2D eigenvalue weighted by atomic mass is 10.5. The molecule has 5 heteroatoms. The number of carbonyl (C=O) groups is 1. The minimum absolute atomic E-state index is 0.209. The molecule has 4 nitrogen and oxygen atoms in total. The van der Waals surface area contributed by atoms with Gasteiger partial charge in [0, 0.05) is 6.20 Å². The van der Waals surface area contributed by atoms with E-state index in [-0.39, 0.29) is 11.4 Å². The third-order valence-electron chi connectivity index (χ3n) is 1.07. The zero-order valence-corrected chi connectivity index (χ0v) is 6.34. The van der Waals surface area contributed by atoms with Gasteiger partial charge in [-0.3, -0.25) is 4.84 Å². The van der Waals surface area contributed by atoms with Crippen LogP contribution >= 0.6 is 12.6 Å². The van der Waals surface area contributed by atoms with Crippen molar-refractivity contribution < 1.29 is 9.63 Å². The number of amides is 2. The van der Waals surface area contributed by atoms with Crippen molar-refractivity contribution in [3.8, 4) is 0 Å². The quantitative estimate of drug-likeness (QED) is 0.543. The molecule has 0 spiro atoms. The second kappa shape index (κ2) is 2.94. The summed E-state index contributed by atoms with van der Waals surface area (Å²) in [6.45, 7) is 0. The molecule has 0 aliphatic carbocycles. The molecule has 10 heavy (non-hydrogen) atoms. The van der Waals surface area contributed by atoms with E-state index in [0.717, 1.165) is 5.06 Å². The van der Waals surface area contributed by atoms with E-state index in [4.69, 9.17) is 0 Å². The standard InChI is InChI=1S/C5H8N2O2S/c1-9-7-3-2-4(10)6-5(7)8/h2-4,10H,1H3,(H,6,8). The Morgan fingerprint density at radius 2 is 2.60 bits per heavy atom. The molecule has 1 rings (SSSR count). The number of rotatable bonds is 1. The first-order valence-electron chi connectivity index (χ1n) is 2.74. The molecule has 0 fully saturated rings. The summed E-state index contributed by atoms with van der Waals surface area (Å²) in [6, 6.07) is -0.301. The highest BCUT2D eigenvalue weighted by Gasteiger charge is 2.16. The maximum absolute atomic E-state index is 10.8. The molecule has 0 bridgehead atoms. The van der Waals surface area contributed by atoms with Crippen molar-refractivity contribution in [3.05, 3.63) is 12.3 Å². The molecule has 0 aromatic heterocycles. The van der Waals surface area contributed by atoms with Gasteiger partial charge in [-0.05, 0) is 6.08 Å². The predicted octanol–water partition coefficient (Wildman–Crippen LogP) is 0.343. The SMILES string of the molecule is CON1C=CC(S)NC1=O. The van der Waals surface area contributed by atoms with E-state index in [9.17, 15) is 4.79 Å². The third kappa shape index (κ3) is 1.43. The Labute approximate surface area is 64.2 Å². The summed E-state index contributed by atoms with van der Waals surface area (Å²) in [5.41, 5.74) is 0. The van der Waals surface area contributed by atoms with Crippen LogP contribution in [-0.4, -0.2) is 23.6 Å². The molecule has 0 aromatic rings. The number of carbonyl (C=O) groups excluding carboxylic acids is 1. The number of urea groups is 1. The minimum atomic E-state index is -0.301. The molecule has 1 heterocycles. The van der Waals surface area contributed by atoms with Crippen LogP contribution in [0, 0.1) is 0 Å². The Balaban J connectivity index is 2.62. The number of hydroxylamine groups is 2. The molecule has 1 unspecified atom stereocenters. The van der Waals surface area contributed by atoms with Crippen LogP contribution < -0.4 is 5.32 Å². The first-order valence-corrected chi connectivity index (χ1v) is 3.26. The maximum Gasteiger partial charge on any atom is 0.346 e. The monoisotopic (exact) mass is 160 g/mol. The first kappa shape index (κ1) is 7.43. The zero-order chi connectivity index (χ0) is 7.56. The van der Waals surface area contributed by atoms with E-state index in [2.05, 4.69) is 22.8 Å². The van der Waals surface area contributed by atoms with E-state index >= 15 is 0 Å². The van der Waals surface area contributed by atoms with E-state index in [1.54, 1.807) is 6.08 Å². The molecule has 2 amide bonds. The molecule has 0 radical (unpaired) electrons. The average molecular weight is 160 g/mol. The smallest absolute Gasteiger partial charge is 0.321 e. The van der Waals surface area contributed by atoms with Crippen molar-refractivity contribution in [2.45, 2.75) is 5.37 Å². The average Bonchev–Trinajstić information content (AvgIpc) is 1.88. The number of nitrogens with zero attached hydrogens (tertiary/aromatic N) is 1. The largest absolute Gasteiger partial charge is 0.346 e. The van der Waals surface area contributed by atoms with Gasteiger partial charge < -0.3 is 5.32 Å². The number of hydrogen-bond donors (Lipinski definition) is 2. The van der Waals surface area contributed by atoms with Gasteiger partial charge >= 0.3 is 6.03 Å². The lowest BCUT2D eigenvalue weighted by molar-refractivity contribution is -0.0480. The normalized spacial score (nSPS) is 24.8. The molecule has 1 atom stereocenters. The summed E-state index contributed by atoms with van der Waals surface area (Å²) < 4.78 is 0. The van der Waals surface area contributed by atoms with Gasteiger partial charge in [-0.25, -0.2) is 4.79 Å². The second-order valence-electron chi connectivity index (χ2n) is 1.74. The molecule has 0 saturated carbocycles. The summed E-state index contributed by atoms with van der Waals surface area (Å²) in [4.78, 5) is 15.5. The summed E-state index contributed by atoms with van der Waals surface area (Å²) in [5.74, 6) is 0. The Morgan fingerprint density at radius 1 is 1.90 bits per heavy atom. The minimum Gasteiger partial charge on any atom is -0.321 e. The molecule has 1 aliphatic heterocycles. The van der Waals surface area contributed by atoms with Gasteiger partial charge in [-0.15, -0.1) is 0 Å². The lowest BCUT2D eigenvalue weighted by Crippen LogP contribution is -2.42. The Morgan fingerprint density at radius 3 is 3.10 bits per heavy atom. The van der Waals surface area contributed by atoms with E-state index < -0.39 is 0 Å². The molecule has 56 valence electrons. The van der Waals surface area contributed by atoms with E-state index in [1.807, 2.05) is 0 Å². The Kier molecular flexibility index (Phi) is 2.18. The predicted molar refractivity (Wildman–Crippen MR) is 39.3 cm³/mol. The van der Waals surface area contributed by atoms with Crippen molar-refractivity contribution in [1.82, 2.24) is 10.4 Å². The molecule has 0 aromatic carbocycles.